The van der Waals surface area contributed by atoms with Gasteiger partial charge in [0.05, 0.1) is 9.26 Å². The van der Waals surface area contributed by atoms with Gasteiger partial charge in [-0.05, 0) is 54.1 Å². The molecule has 10 heteroatoms. The van der Waals surface area contributed by atoms with Crippen molar-refractivity contribution in [2.75, 3.05) is 6.79 Å². The van der Waals surface area contributed by atoms with Crippen LogP contribution in [0, 0.1) is 17.4 Å². The Morgan fingerprint density at radius 1 is 1.30 bits per heavy atom. The maximum Gasteiger partial charge on any atom is 0.316 e. The average molecular weight is 481 g/mol. The molecule has 3 heterocycles. The minimum Gasteiger partial charge on any atom is -0.454 e. The third-order valence-electron chi connectivity index (χ3n) is 4.14. The first-order valence-corrected chi connectivity index (χ1v) is 9.28. The number of benzene rings is 1. The number of nitrogens with one attached hydrogen (secondary N) is 1. The number of nitrogens with zero attached hydrogens (tertiary/aromatic N) is 4. The zero-order valence-corrected chi connectivity index (χ0v) is 16.8. The summed E-state index contributed by atoms with van der Waals surface area (Å²) in [7, 11) is 0. The Labute approximate surface area is 168 Å². The molecule has 140 valence electrons. The monoisotopic (exact) mass is 481 g/mol. The molecule has 0 aliphatic carbocycles. The zero-order chi connectivity index (χ0) is 19.0. The Balaban J connectivity index is 1.39. The number of ether oxygens (including phenoxy) is 2. The van der Waals surface area contributed by atoms with Crippen molar-refractivity contribution in [1.82, 2.24) is 25.2 Å². The lowest BCUT2D eigenvalue weighted by Gasteiger charge is -2.03. The van der Waals surface area contributed by atoms with Gasteiger partial charge in [0, 0.05) is 12.2 Å². The van der Waals surface area contributed by atoms with E-state index in [9.17, 15) is 4.79 Å². The smallest absolute Gasteiger partial charge is 0.316 e. The molecule has 0 spiro atoms. The van der Waals surface area contributed by atoms with Crippen LogP contribution in [0.1, 0.15) is 33.5 Å². The van der Waals surface area contributed by atoms with Crippen LogP contribution in [-0.4, -0.2) is 32.6 Å². The van der Waals surface area contributed by atoms with Crippen LogP contribution in [0.25, 0.3) is 0 Å². The first-order valence-electron chi connectivity index (χ1n) is 8.20. The van der Waals surface area contributed by atoms with E-state index in [2.05, 4.69) is 43.1 Å². The molecule has 3 aromatic rings. The highest BCUT2D eigenvalue weighted by atomic mass is 127. The van der Waals surface area contributed by atoms with Crippen molar-refractivity contribution in [2.24, 2.45) is 0 Å². The summed E-state index contributed by atoms with van der Waals surface area (Å²) in [6.07, 6.45) is 0. The third-order valence-corrected chi connectivity index (χ3v) is 5.70. The predicted molar refractivity (Wildman–Crippen MR) is 102 cm³/mol. The highest BCUT2D eigenvalue weighted by molar-refractivity contribution is 14.1. The highest BCUT2D eigenvalue weighted by Crippen LogP contribution is 2.32. The first-order chi connectivity index (χ1) is 13.0. The Morgan fingerprint density at radius 3 is 2.89 bits per heavy atom. The summed E-state index contributed by atoms with van der Waals surface area (Å²) in [4.78, 5) is 16.4. The summed E-state index contributed by atoms with van der Waals surface area (Å²) in [5.41, 5.74) is 2.84. The second-order valence-electron chi connectivity index (χ2n) is 6.03. The summed E-state index contributed by atoms with van der Waals surface area (Å²) >= 11 is 2.25. The van der Waals surface area contributed by atoms with Gasteiger partial charge in [-0.2, -0.15) is 10.1 Å². The van der Waals surface area contributed by atoms with Gasteiger partial charge in [0.2, 0.25) is 6.79 Å². The lowest BCUT2D eigenvalue weighted by Crippen LogP contribution is -2.23. The number of aryl methyl sites for hydroxylation is 1. The lowest BCUT2D eigenvalue weighted by atomic mass is 10.2. The average Bonchev–Trinajstić information content (AvgIpc) is 3.37. The van der Waals surface area contributed by atoms with Crippen molar-refractivity contribution in [2.45, 2.75) is 26.9 Å². The Morgan fingerprint density at radius 2 is 2.11 bits per heavy atom. The number of carbonyl (C=O) groups is 1. The molecule has 0 atom stereocenters. The minimum absolute atomic E-state index is 0.0815. The largest absolute Gasteiger partial charge is 0.454 e. The summed E-state index contributed by atoms with van der Waals surface area (Å²) in [5.74, 6) is 1.24. The Hall–Kier alpha value is -2.63. The van der Waals surface area contributed by atoms with Gasteiger partial charge >= 0.3 is 11.8 Å². The van der Waals surface area contributed by atoms with Crippen molar-refractivity contribution < 1.29 is 18.8 Å². The zero-order valence-electron chi connectivity index (χ0n) is 14.7. The standard InChI is InChI=1S/C17H16IN5O4/c1-9-15(18)10(2)23(21-9)7-14-20-17(27-22-14)16(24)19-6-11-3-4-12-13(5-11)26-8-25-12/h3-5H,6-8H2,1-2H3,(H,19,24). The number of aromatic nitrogens is 4. The van der Waals surface area contributed by atoms with E-state index in [4.69, 9.17) is 14.0 Å². The van der Waals surface area contributed by atoms with E-state index in [1.165, 1.54) is 0 Å². The summed E-state index contributed by atoms with van der Waals surface area (Å²) in [6.45, 7) is 4.78. The highest BCUT2D eigenvalue weighted by Gasteiger charge is 2.18. The normalized spacial score (nSPS) is 12.4. The van der Waals surface area contributed by atoms with Crippen molar-refractivity contribution in [1.29, 1.82) is 0 Å². The number of fused-ring (bicyclic) bond motifs is 1. The lowest BCUT2D eigenvalue weighted by molar-refractivity contribution is 0.0907. The number of hydrogen-bond acceptors (Lipinski definition) is 7. The van der Waals surface area contributed by atoms with Gasteiger partial charge in [0.15, 0.2) is 17.3 Å². The van der Waals surface area contributed by atoms with Gasteiger partial charge in [-0.1, -0.05) is 11.2 Å². The van der Waals surface area contributed by atoms with Gasteiger partial charge in [-0.15, -0.1) is 0 Å². The molecule has 27 heavy (non-hydrogen) atoms. The van der Waals surface area contributed by atoms with Gasteiger partial charge in [0.25, 0.3) is 0 Å². The molecule has 0 fully saturated rings. The van der Waals surface area contributed by atoms with Crippen molar-refractivity contribution in [3.8, 4) is 11.5 Å². The van der Waals surface area contributed by atoms with Crippen LogP contribution >= 0.6 is 22.6 Å². The predicted octanol–water partition coefficient (Wildman–Crippen LogP) is 2.19. The molecular formula is C17H16IN5O4. The fourth-order valence-electron chi connectivity index (χ4n) is 2.68. The summed E-state index contributed by atoms with van der Waals surface area (Å²) in [5, 5.41) is 11.0. The quantitative estimate of drug-likeness (QED) is 0.558. The van der Waals surface area contributed by atoms with Crippen molar-refractivity contribution >= 4 is 28.5 Å². The number of halogens is 1. The van der Waals surface area contributed by atoms with Gasteiger partial charge in [0.1, 0.15) is 6.54 Å². The number of carbonyl (C=O) groups excluding carboxylic acids is 1. The molecule has 0 saturated carbocycles. The molecule has 0 bridgehead atoms. The van der Waals surface area contributed by atoms with E-state index in [1.54, 1.807) is 4.68 Å². The number of hydrogen-bond donors (Lipinski definition) is 1. The third kappa shape index (κ3) is 3.61. The molecule has 0 saturated heterocycles. The molecule has 1 N–H and O–H groups in total. The Kier molecular flexibility index (Phi) is 4.72. The van der Waals surface area contributed by atoms with Gasteiger partial charge in [-0.25, -0.2) is 0 Å². The van der Waals surface area contributed by atoms with Crippen LogP contribution in [0.3, 0.4) is 0 Å². The molecule has 0 radical (unpaired) electrons. The SMILES string of the molecule is Cc1nn(Cc2noc(C(=O)NCc3ccc4c(c3)OCO4)n2)c(C)c1I. The Bertz CT molecular complexity index is 1010. The van der Waals surface area contributed by atoms with Crippen LogP contribution in [0.15, 0.2) is 22.7 Å². The molecule has 2 aromatic heterocycles. The fraction of sp³-hybridized carbons (Fsp3) is 0.294. The second kappa shape index (κ2) is 7.18. The molecule has 9 nitrogen and oxygen atoms in total. The van der Waals surface area contributed by atoms with Crippen LogP contribution in [0.4, 0.5) is 0 Å². The van der Waals surface area contributed by atoms with E-state index >= 15 is 0 Å². The van der Waals surface area contributed by atoms with E-state index in [1.807, 2.05) is 32.0 Å². The number of rotatable bonds is 5. The van der Waals surface area contributed by atoms with Gasteiger partial charge in [-0.3, -0.25) is 9.48 Å². The molecule has 1 aliphatic heterocycles. The molecular weight excluding hydrogens is 465 g/mol. The maximum atomic E-state index is 12.3. The second-order valence-corrected chi connectivity index (χ2v) is 7.11. The van der Waals surface area contributed by atoms with E-state index < -0.39 is 5.91 Å². The van der Waals surface area contributed by atoms with E-state index in [0.29, 0.717) is 30.4 Å². The van der Waals surface area contributed by atoms with Gasteiger partial charge < -0.3 is 19.3 Å². The minimum atomic E-state index is -0.436. The molecule has 0 unspecified atom stereocenters. The molecule has 1 aliphatic rings. The van der Waals surface area contributed by atoms with Crippen LogP contribution in [-0.2, 0) is 13.1 Å². The summed E-state index contributed by atoms with van der Waals surface area (Å²) in [6, 6.07) is 5.49. The summed E-state index contributed by atoms with van der Waals surface area (Å²) < 4.78 is 18.6. The van der Waals surface area contributed by atoms with Crippen molar-refractivity contribution in [3.05, 3.63) is 50.4 Å². The van der Waals surface area contributed by atoms with Crippen LogP contribution < -0.4 is 14.8 Å². The van der Waals surface area contributed by atoms with E-state index in [0.717, 1.165) is 20.5 Å². The fourth-order valence-corrected chi connectivity index (χ4v) is 3.07. The number of amides is 1. The van der Waals surface area contributed by atoms with Crippen molar-refractivity contribution in [3.63, 3.8) is 0 Å². The molecule has 4 rings (SSSR count). The molecule has 1 aromatic carbocycles. The van der Waals surface area contributed by atoms with E-state index in [-0.39, 0.29) is 12.7 Å². The van der Waals surface area contributed by atoms with Crippen LogP contribution in [0.2, 0.25) is 0 Å². The topological polar surface area (TPSA) is 104 Å². The molecule has 1 amide bonds. The first kappa shape index (κ1) is 17.8. The van der Waals surface area contributed by atoms with Crippen LogP contribution in [0.5, 0.6) is 11.5 Å². The maximum absolute atomic E-state index is 12.3.